The van der Waals surface area contributed by atoms with Crippen LogP contribution in [-0.4, -0.2) is 13.7 Å². The van der Waals surface area contributed by atoms with E-state index < -0.39 is 0 Å². The summed E-state index contributed by atoms with van der Waals surface area (Å²) in [4.78, 5) is 0. The lowest BCUT2D eigenvalue weighted by Gasteiger charge is -2.17. The number of nitrogens with zero attached hydrogens (tertiary/aromatic N) is 3. The zero-order chi connectivity index (χ0) is 51.0. The van der Waals surface area contributed by atoms with Crippen molar-refractivity contribution >= 4 is 92.9 Å². The van der Waals surface area contributed by atoms with E-state index in [1.165, 1.54) is 76.6 Å². The van der Waals surface area contributed by atoms with Crippen molar-refractivity contribution in [3.8, 4) is 28.2 Å². The van der Waals surface area contributed by atoms with Crippen molar-refractivity contribution in [2.45, 2.75) is 12.8 Å². The Kier molecular flexibility index (Phi) is 10.5. The molecule has 0 N–H and O–H groups in total. The number of fused-ring (bicyclic) bond motifs is 12. The van der Waals surface area contributed by atoms with E-state index in [2.05, 4.69) is 306 Å². The number of hydrogen-bond acceptors (Lipinski definition) is 0. The predicted octanol–water partition coefficient (Wildman–Crippen LogP) is 19.7. The van der Waals surface area contributed by atoms with Crippen molar-refractivity contribution in [3.63, 3.8) is 0 Å². The highest BCUT2D eigenvalue weighted by Gasteiger charge is 2.30. The molecule has 0 bridgehead atoms. The van der Waals surface area contributed by atoms with Crippen molar-refractivity contribution in [2.75, 3.05) is 0 Å². The number of rotatable bonds is 6. The van der Waals surface area contributed by atoms with Gasteiger partial charge in [-0.05, 0) is 146 Å². The fraction of sp³-hybridized carbons (Fsp3) is 0.0270. The summed E-state index contributed by atoms with van der Waals surface area (Å²) in [5.41, 5.74) is 16.6. The molecule has 362 valence electrons. The van der Waals surface area contributed by atoms with Gasteiger partial charge >= 0.3 is 0 Å². The van der Waals surface area contributed by atoms with Gasteiger partial charge in [0.25, 0.3) is 0 Å². The average molecular weight is 982 g/mol. The maximum atomic E-state index is 2.51. The molecule has 77 heavy (non-hydrogen) atoms. The molecule has 0 radical (unpaired) electrons. The van der Waals surface area contributed by atoms with Gasteiger partial charge in [-0.15, -0.1) is 0 Å². The highest BCUT2D eigenvalue weighted by Crippen LogP contribution is 2.49. The Bertz CT molecular complexity index is 4870. The Hall–Kier alpha value is -9.96. The Balaban J connectivity index is 1.10. The van der Waals surface area contributed by atoms with Gasteiger partial charge in [-0.2, -0.15) is 0 Å². The van der Waals surface area contributed by atoms with Crippen molar-refractivity contribution in [3.05, 3.63) is 301 Å². The first kappa shape index (κ1) is 44.5. The molecule has 11 aromatic carbocycles. The SMILES string of the molecule is C/C=C\C=C/c1cc2cccc3c4ccccc4n(-c4ccc5c(c4)c4ccccc4n5-c4ccccc4)c4ccccc4c4cccc(c5ccccc5n1-c1ccc5c(c1)-c1ccccc1C5c1ccccc1)c4c23. The van der Waals surface area contributed by atoms with E-state index in [0.717, 1.165) is 60.9 Å². The molecule has 0 amide bonds. The number of benzene rings is 11. The summed E-state index contributed by atoms with van der Waals surface area (Å²) in [6, 6.07) is 97.1. The van der Waals surface area contributed by atoms with Crippen LogP contribution >= 0.6 is 0 Å². The third-order valence-electron chi connectivity index (χ3n) is 16.1. The van der Waals surface area contributed by atoms with Crippen LogP contribution in [0.3, 0.4) is 0 Å². The third kappa shape index (κ3) is 7.05. The lowest BCUT2D eigenvalue weighted by Crippen LogP contribution is -2.02. The molecular weight excluding hydrogens is 931 g/mol. The fourth-order valence-corrected chi connectivity index (χ4v) is 12.9. The van der Waals surface area contributed by atoms with Crippen LogP contribution in [-0.2, 0) is 0 Å². The first-order chi connectivity index (χ1) is 38.2. The molecule has 15 rings (SSSR count). The van der Waals surface area contributed by atoms with Crippen molar-refractivity contribution in [2.24, 2.45) is 0 Å². The van der Waals surface area contributed by atoms with Crippen LogP contribution in [0.15, 0.2) is 279 Å². The molecule has 0 spiro atoms. The largest absolute Gasteiger partial charge is 0.310 e. The van der Waals surface area contributed by atoms with Gasteiger partial charge in [-0.3, -0.25) is 0 Å². The topological polar surface area (TPSA) is 14.8 Å². The molecular formula is C74H51N3. The molecule has 1 atom stereocenters. The first-order valence-electron chi connectivity index (χ1n) is 26.7. The van der Waals surface area contributed by atoms with Crippen LogP contribution in [0, 0.1) is 0 Å². The Morgan fingerprint density at radius 3 is 1.45 bits per heavy atom. The van der Waals surface area contributed by atoms with Crippen LogP contribution in [0.1, 0.15) is 35.2 Å². The lowest BCUT2D eigenvalue weighted by atomic mass is 9.89. The molecule has 0 saturated carbocycles. The third-order valence-corrected chi connectivity index (χ3v) is 16.1. The van der Waals surface area contributed by atoms with Gasteiger partial charge in [0, 0.05) is 55.6 Å². The van der Waals surface area contributed by atoms with Crippen LogP contribution in [0.4, 0.5) is 0 Å². The van der Waals surface area contributed by atoms with Crippen molar-refractivity contribution in [1.29, 1.82) is 0 Å². The second-order valence-corrected chi connectivity index (χ2v) is 20.3. The minimum absolute atomic E-state index is 0.157. The molecule has 0 saturated heterocycles. The van der Waals surface area contributed by atoms with Crippen molar-refractivity contribution in [1.82, 2.24) is 13.7 Å². The zero-order valence-electron chi connectivity index (χ0n) is 42.6. The van der Waals surface area contributed by atoms with Gasteiger partial charge in [0.15, 0.2) is 0 Å². The molecule has 1 aliphatic rings. The molecule has 0 fully saturated rings. The fourth-order valence-electron chi connectivity index (χ4n) is 12.9. The molecule has 1 aliphatic carbocycles. The van der Waals surface area contributed by atoms with Crippen LogP contribution in [0.25, 0.3) is 121 Å². The van der Waals surface area contributed by atoms with E-state index in [0.29, 0.717) is 0 Å². The predicted molar refractivity (Wildman–Crippen MR) is 328 cm³/mol. The molecule has 14 aromatic rings. The van der Waals surface area contributed by atoms with E-state index in [4.69, 9.17) is 0 Å². The van der Waals surface area contributed by atoms with Crippen LogP contribution in [0.2, 0.25) is 0 Å². The van der Waals surface area contributed by atoms with Crippen LogP contribution < -0.4 is 0 Å². The second-order valence-electron chi connectivity index (χ2n) is 20.3. The summed E-state index contributed by atoms with van der Waals surface area (Å²) in [5.74, 6) is 0.157. The normalized spacial score (nSPS) is 13.3. The quantitative estimate of drug-likeness (QED) is 0.148. The Morgan fingerprint density at radius 1 is 0.312 bits per heavy atom. The summed E-state index contributed by atoms with van der Waals surface area (Å²) in [5, 5.41) is 13.0. The Morgan fingerprint density at radius 2 is 0.792 bits per heavy atom. The maximum absolute atomic E-state index is 2.51. The van der Waals surface area contributed by atoms with Gasteiger partial charge in [-0.1, -0.05) is 206 Å². The van der Waals surface area contributed by atoms with E-state index in [1.807, 2.05) is 0 Å². The Labute approximate surface area is 446 Å². The van der Waals surface area contributed by atoms with Gasteiger partial charge in [-0.25, -0.2) is 0 Å². The van der Waals surface area contributed by atoms with E-state index in [9.17, 15) is 0 Å². The second kappa shape index (κ2) is 18.2. The van der Waals surface area contributed by atoms with E-state index in [-0.39, 0.29) is 5.92 Å². The number of para-hydroxylation sites is 5. The molecule has 3 nitrogen and oxygen atoms in total. The van der Waals surface area contributed by atoms with Crippen molar-refractivity contribution < 1.29 is 0 Å². The van der Waals surface area contributed by atoms with E-state index >= 15 is 0 Å². The summed E-state index contributed by atoms with van der Waals surface area (Å²) < 4.78 is 7.40. The van der Waals surface area contributed by atoms with Crippen LogP contribution in [0.5, 0.6) is 0 Å². The highest BCUT2D eigenvalue weighted by atomic mass is 15.0. The molecule has 0 aliphatic heterocycles. The lowest BCUT2D eigenvalue weighted by molar-refractivity contribution is 1.01. The summed E-state index contributed by atoms with van der Waals surface area (Å²) in [7, 11) is 0. The van der Waals surface area contributed by atoms with Gasteiger partial charge < -0.3 is 13.7 Å². The number of aromatic nitrogens is 3. The minimum atomic E-state index is 0.157. The van der Waals surface area contributed by atoms with E-state index in [1.54, 1.807) is 0 Å². The zero-order valence-corrected chi connectivity index (χ0v) is 42.6. The summed E-state index contributed by atoms with van der Waals surface area (Å²) in [6.07, 6.45) is 8.70. The molecule has 3 heteroatoms. The first-order valence-corrected chi connectivity index (χ1v) is 26.7. The minimum Gasteiger partial charge on any atom is -0.310 e. The van der Waals surface area contributed by atoms with Gasteiger partial charge in [0.1, 0.15) is 0 Å². The number of allylic oxidation sites excluding steroid dienone is 3. The number of hydrogen-bond donors (Lipinski definition) is 0. The maximum Gasteiger partial charge on any atom is 0.0542 e. The highest BCUT2D eigenvalue weighted by molar-refractivity contribution is 6.31. The molecule has 3 heterocycles. The smallest absolute Gasteiger partial charge is 0.0542 e. The van der Waals surface area contributed by atoms with Gasteiger partial charge in [0.2, 0.25) is 0 Å². The van der Waals surface area contributed by atoms with Gasteiger partial charge in [0.05, 0.1) is 27.6 Å². The average Bonchev–Trinajstić information content (AvgIpc) is 4.07. The molecule has 1 unspecified atom stereocenters. The molecule has 3 aromatic heterocycles. The summed E-state index contributed by atoms with van der Waals surface area (Å²) in [6.45, 7) is 2.08. The summed E-state index contributed by atoms with van der Waals surface area (Å²) >= 11 is 0. The monoisotopic (exact) mass is 981 g/mol. The standard InChI is InChI=1S/C74H51N3/c1-2-3-6-28-52-46-50-25-21-35-61-56-30-14-18-39-68(56)77(54-43-45-71-66(48-54)59-33-16-20-41-70(59)76(71)51-26-9-5-10-27-51)69-40-19-15-32-58(69)63-37-22-36-62(74(63)73(50)61)57-31-13-17-38-67(57)75(52)53-42-44-64-65(47-53)55-29-11-12-34-60(55)72(64)49-23-7-4-8-24-49/h2-48,72H,1H3/b3-2-,28-6-,52-46?.